The molecular weight excluding hydrogens is 504 g/mol. The van der Waals surface area contributed by atoms with Gasteiger partial charge in [0.25, 0.3) is 0 Å². The number of nitrogens with one attached hydrogen (secondary N) is 2. The molecule has 0 aliphatic heterocycles. The lowest BCUT2D eigenvalue weighted by Crippen LogP contribution is -2.21. The Bertz CT molecular complexity index is 1440. The van der Waals surface area contributed by atoms with E-state index in [0.29, 0.717) is 28.6 Å². The molecule has 2 aromatic carbocycles. The summed E-state index contributed by atoms with van der Waals surface area (Å²) in [7, 11) is 0. The quantitative estimate of drug-likeness (QED) is 0.224. The predicted octanol–water partition coefficient (Wildman–Crippen LogP) is 6.38. The Kier molecular flexibility index (Phi) is 7.35. The van der Waals surface area contributed by atoms with Crippen LogP contribution < -0.4 is 10.6 Å². The lowest BCUT2D eigenvalue weighted by atomic mass is 10.1. The fourth-order valence-electron chi connectivity index (χ4n) is 4.10. The van der Waals surface area contributed by atoms with E-state index in [-0.39, 0.29) is 12.4 Å². The standard InChI is InChI=1S/C26H26F4N6S/c1-15-23(17(3)35(33-15)13-19-8-10-22(27)11-9-19)31-25(37)32-24-16(2)34-36(18(24)4)14-20-6-5-7-21(12-20)26(28,29)30/h5-12H,13-14H2,1-4H3,(H2,31,32,37). The number of anilines is 2. The predicted molar refractivity (Wildman–Crippen MR) is 139 cm³/mol. The number of alkyl halides is 3. The molecule has 0 amide bonds. The van der Waals surface area contributed by atoms with E-state index in [1.807, 2.05) is 25.5 Å². The van der Waals surface area contributed by atoms with Crippen molar-refractivity contribution in [2.45, 2.75) is 47.0 Å². The Balaban J connectivity index is 1.47. The highest BCUT2D eigenvalue weighted by molar-refractivity contribution is 7.80. The lowest BCUT2D eigenvalue weighted by Gasteiger charge is -2.12. The van der Waals surface area contributed by atoms with Crippen LogP contribution in [0.5, 0.6) is 0 Å². The first-order valence-corrected chi connectivity index (χ1v) is 11.9. The number of thiocarbonyl (C=S) groups is 1. The van der Waals surface area contributed by atoms with Crippen molar-refractivity contribution in [2.75, 3.05) is 10.6 Å². The fourth-order valence-corrected chi connectivity index (χ4v) is 4.31. The van der Waals surface area contributed by atoms with Gasteiger partial charge in [0.05, 0.1) is 52.8 Å². The molecule has 0 fully saturated rings. The zero-order valence-corrected chi connectivity index (χ0v) is 21.6. The molecule has 0 saturated carbocycles. The van der Waals surface area contributed by atoms with Gasteiger partial charge in [-0.25, -0.2) is 4.39 Å². The largest absolute Gasteiger partial charge is 0.416 e. The minimum Gasteiger partial charge on any atom is -0.329 e. The van der Waals surface area contributed by atoms with Crippen LogP contribution in [0.25, 0.3) is 0 Å². The number of aryl methyl sites for hydroxylation is 2. The Labute approximate surface area is 217 Å². The Morgan fingerprint density at radius 1 is 0.811 bits per heavy atom. The summed E-state index contributed by atoms with van der Waals surface area (Å²) in [5.74, 6) is -0.292. The molecule has 37 heavy (non-hydrogen) atoms. The minimum atomic E-state index is -4.40. The van der Waals surface area contributed by atoms with Gasteiger partial charge < -0.3 is 10.6 Å². The highest BCUT2D eigenvalue weighted by Gasteiger charge is 2.30. The van der Waals surface area contributed by atoms with Crippen molar-refractivity contribution < 1.29 is 17.6 Å². The first-order chi connectivity index (χ1) is 17.4. The number of halogens is 4. The average molecular weight is 531 g/mol. The van der Waals surface area contributed by atoms with Crippen LogP contribution in [-0.2, 0) is 19.3 Å². The number of hydrogen-bond donors (Lipinski definition) is 2. The molecule has 2 N–H and O–H groups in total. The van der Waals surface area contributed by atoms with E-state index >= 15 is 0 Å². The van der Waals surface area contributed by atoms with Gasteiger partial charge in [-0.05, 0) is 75.3 Å². The lowest BCUT2D eigenvalue weighted by molar-refractivity contribution is -0.137. The number of rotatable bonds is 6. The van der Waals surface area contributed by atoms with Crippen LogP contribution in [-0.4, -0.2) is 24.7 Å². The molecule has 0 aliphatic carbocycles. The van der Waals surface area contributed by atoms with Crippen molar-refractivity contribution in [3.63, 3.8) is 0 Å². The van der Waals surface area contributed by atoms with Gasteiger partial charge in [0.2, 0.25) is 0 Å². The SMILES string of the molecule is Cc1nn(Cc2ccc(F)cc2)c(C)c1NC(=S)Nc1c(C)nn(Cc2cccc(C(F)(F)F)c2)c1C. The molecule has 0 aliphatic rings. The molecule has 4 rings (SSSR count). The van der Waals surface area contributed by atoms with Crippen molar-refractivity contribution in [3.05, 3.63) is 93.8 Å². The number of benzene rings is 2. The number of aromatic nitrogens is 4. The van der Waals surface area contributed by atoms with Crippen molar-refractivity contribution >= 4 is 28.7 Å². The molecule has 2 aromatic heterocycles. The van der Waals surface area contributed by atoms with Gasteiger partial charge in [0.15, 0.2) is 5.11 Å². The second-order valence-corrected chi connectivity index (χ2v) is 9.22. The van der Waals surface area contributed by atoms with Gasteiger partial charge in [-0.3, -0.25) is 9.36 Å². The zero-order valence-electron chi connectivity index (χ0n) is 20.7. The normalized spacial score (nSPS) is 11.6. The van der Waals surface area contributed by atoms with E-state index in [1.165, 1.54) is 18.2 Å². The first kappa shape index (κ1) is 26.3. The van der Waals surface area contributed by atoms with E-state index in [4.69, 9.17) is 12.2 Å². The Hall–Kier alpha value is -3.73. The second-order valence-electron chi connectivity index (χ2n) is 8.81. The smallest absolute Gasteiger partial charge is 0.329 e. The summed E-state index contributed by atoms with van der Waals surface area (Å²) < 4.78 is 55.9. The van der Waals surface area contributed by atoms with Gasteiger partial charge in [-0.1, -0.05) is 24.3 Å². The third-order valence-corrected chi connectivity index (χ3v) is 6.28. The average Bonchev–Trinajstić information content (AvgIpc) is 3.24. The van der Waals surface area contributed by atoms with Crippen molar-refractivity contribution in [3.8, 4) is 0 Å². The van der Waals surface area contributed by atoms with Gasteiger partial charge in [-0.2, -0.15) is 23.4 Å². The van der Waals surface area contributed by atoms with Gasteiger partial charge in [0, 0.05) is 0 Å². The molecule has 0 radical (unpaired) electrons. The van der Waals surface area contributed by atoms with Crippen LogP contribution in [0.15, 0.2) is 48.5 Å². The molecule has 6 nitrogen and oxygen atoms in total. The Morgan fingerprint density at radius 2 is 1.32 bits per heavy atom. The summed E-state index contributed by atoms with van der Waals surface area (Å²) in [4.78, 5) is 0. The molecule has 0 spiro atoms. The van der Waals surface area contributed by atoms with Gasteiger partial charge in [-0.15, -0.1) is 0 Å². The maximum absolute atomic E-state index is 13.2. The van der Waals surface area contributed by atoms with E-state index in [2.05, 4.69) is 20.8 Å². The maximum atomic E-state index is 13.2. The summed E-state index contributed by atoms with van der Waals surface area (Å²) in [6.45, 7) is 8.08. The van der Waals surface area contributed by atoms with Gasteiger partial charge in [0.1, 0.15) is 5.82 Å². The van der Waals surface area contributed by atoms with Crippen LogP contribution in [0.2, 0.25) is 0 Å². The third-order valence-electron chi connectivity index (χ3n) is 6.07. The van der Waals surface area contributed by atoms with Crippen LogP contribution >= 0.6 is 12.2 Å². The van der Waals surface area contributed by atoms with Crippen LogP contribution in [0.1, 0.15) is 39.5 Å². The molecule has 0 unspecified atom stereocenters. The van der Waals surface area contributed by atoms with Gasteiger partial charge >= 0.3 is 6.18 Å². The summed E-state index contributed by atoms with van der Waals surface area (Å²) in [5, 5.41) is 15.8. The topological polar surface area (TPSA) is 59.7 Å². The summed E-state index contributed by atoms with van der Waals surface area (Å²) in [6, 6.07) is 11.5. The number of hydrogen-bond acceptors (Lipinski definition) is 3. The second kappa shape index (κ2) is 10.3. The highest BCUT2D eigenvalue weighted by Crippen LogP contribution is 2.30. The third kappa shape index (κ3) is 5.99. The van der Waals surface area contributed by atoms with E-state index in [1.54, 1.807) is 29.8 Å². The van der Waals surface area contributed by atoms with E-state index in [0.717, 1.165) is 40.5 Å². The molecule has 11 heteroatoms. The number of nitrogens with zero attached hydrogens (tertiary/aromatic N) is 4. The minimum absolute atomic E-state index is 0.187. The van der Waals surface area contributed by atoms with Crippen molar-refractivity contribution in [1.82, 2.24) is 19.6 Å². The maximum Gasteiger partial charge on any atom is 0.416 e. The summed E-state index contributed by atoms with van der Waals surface area (Å²) in [6.07, 6.45) is -4.40. The van der Waals surface area contributed by atoms with Crippen LogP contribution in [0, 0.1) is 33.5 Å². The molecule has 0 atom stereocenters. The van der Waals surface area contributed by atoms with Crippen LogP contribution in [0.4, 0.5) is 28.9 Å². The van der Waals surface area contributed by atoms with E-state index < -0.39 is 11.7 Å². The molecule has 0 saturated heterocycles. The first-order valence-electron chi connectivity index (χ1n) is 11.5. The Morgan fingerprint density at radius 3 is 1.84 bits per heavy atom. The van der Waals surface area contributed by atoms with Crippen molar-refractivity contribution in [1.29, 1.82) is 0 Å². The highest BCUT2D eigenvalue weighted by atomic mass is 32.1. The summed E-state index contributed by atoms with van der Waals surface area (Å²) in [5.41, 5.74) is 5.16. The molecule has 0 bridgehead atoms. The summed E-state index contributed by atoms with van der Waals surface area (Å²) >= 11 is 5.54. The zero-order chi connectivity index (χ0) is 26.9. The fraction of sp³-hybridized carbons (Fsp3) is 0.269. The monoisotopic (exact) mass is 530 g/mol. The van der Waals surface area contributed by atoms with Crippen molar-refractivity contribution in [2.24, 2.45) is 0 Å². The molecule has 4 aromatic rings. The van der Waals surface area contributed by atoms with Crippen LogP contribution in [0.3, 0.4) is 0 Å². The molecule has 2 heterocycles. The molecule has 194 valence electrons. The molecular formula is C26H26F4N6S. The van der Waals surface area contributed by atoms with E-state index in [9.17, 15) is 17.6 Å².